The maximum absolute atomic E-state index is 5.30. The fourth-order valence-electron chi connectivity index (χ4n) is 1.84. The topological polar surface area (TPSA) is 66.4 Å². The number of rotatable bonds is 3. The predicted molar refractivity (Wildman–Crippen MR) is 75.0 cm³/mol. The lowest BCUT2D eigenvalue weighted by Gasteiger charge is -2.23. The van der Waals surface area contributed by atoms with Crippen molar-refractivity contribution in [1.29, 1.82) is 0 Å². The van der Waals surface area contributed by atoms with Gasteiger partial charge in [0.15, 0.2) is 5.82 Å². The van der Waals surface area contributed by atoms with Crippen LogP contribution in [0, 0.1) is 6.92 Å². The molecule has 1 fully saturated rings. The van der Waals surface area contributed by atoms with E-state index in [1.807, 2.05) is 18.6 Å². The third-order valence-corrected chi connectivity index (χ3v) is 3.82. The molecule has 2 aromatic heterocycles. The van der Waals surface area contributed by atoms with Gasteiger partial charge in [0.2, 0.25) is 0 Å². The van der Waals surface area contributed by atoms with Gasteiger partial charge < -0.3 is 14.6 Å². The smallest absolute Gasteiger partial charge is 0.181 e. The second-order valence-corrected chi connectivity index (χ2v) is 5.15. The van der Waals surface area contributed by atoms with Gasteiger partial charge in [-0.15, -0.1) is 11.3 Å². The van der Waals surface area contributed by atoms with Crippen LogP contribution in [0.4, 0.5) is 5.82 Å². The normalized spacial score (nSPS) is 16.4. The standard InChI is InChI=1S/C12H15N5OS/c1-9-6-19-12(16-9)10-11(14-7-13-10)15-8-17-2-4-18-5-3-17/h6-8H,2-5H2,1H3,(H,13,14). The van der Waals surface area contributed by atoms with Gasteiger partial charge >= 0.3 is 0 Å². The summed E-state index contributed by atoms with van der Waals surface area (Å²) in [7, 11) is 0. The molecule has 2 aromatic rings. The number of thiazole rings is 1. The molecule has 1 aliphatic heterocycles. The summed E-state index contributed by atoms with van der Waals surface area (Å²) in [4.78, 5) is 18.4. The summed E-state index contributed by atoms with van der Waals surface area (Å²) >= 11 is 1.59. The molecule has 3 heterocycles. The quantitative estimate of drug-likeness (QED) is 0.686. The molecule has 1 aliphatic rings. The molecule has 0 saturated carbocycles. The monoisotopic (exact) mass is 277 g/mol. The highest BCUT2D eigenvalue weighted by Crippen LogP contribution is 2.28. The van der Waals surface area contributed by atoms with Gasteiger partial charge in [-0.05, 0) is 6.92 Å². The molecule has 19 heavy (non-hydrogen) atoms. The van der Waals surface area contributed by atoms with Gasteiger partial charge in [-0.2, -0.15) is 0 Å². The van der Waals surface area contributed by atoms with Gasteiger partial charge in [0.1, 0.15) is 10.7 Å². The Balaban J connectivity index is 1.78. The Morgan fingerprint density at radius 2 is 2.32 bits per heavy atom. The molecule has 6 nitrogen and oxygen atoms in total. The number of morpholine rings is 1. The largest absolute Gasteiger partial charge is 0.378 e. The molecule has 7 heteroatoms. The van der Waals surface area contributed by atoms with Crippen LogP contribution in [-0.4, -0.2) is 52.5 Å². The Kier molecular flexibility index (Phi) is 3.56. The third kappa shape index (κ3) is 2.82. The van der Waals surface area contributed by atoms with E-state index < -0.39 is 0 Å². The van der Waals surface area contributed by atoms with Crippen LogP contribution in [0.25, 0.3) is 10.7 Å². The number of nitrogens with zero attached hydrogens (tertiary/aromatic N) is 4. The molecule has 0 bridgehead atoms. The first-order valence-corrected chi connectivity index (χ1v) is 7.03. The summed E-state index contributed by atoms with van der Waals surface area (Å²) in [6, 6.07) is 0. The molecule has 100 valence electrons. The number of hydrogen-bond donors (Lipinski definition) is 1. The second-order valence-electron chi connectivity index (χ2n) is 4.29. The van der Waals surface area contributed by atoms with Crippen LogP contribution in [0.5, 0.6) is 0 Å². The summed E-state index contributed by atoms with van der Waals surface area (Å²) in [6.45, 7) is 5.24. The van der Waals surface area contributed by atoms with Crippen LogP contribution >= 0.6 is 11.3 Å². The number of aliphatic imine (C=N–C) groups is 1. The number of hydrogen-bond acceptors (Lipinski definition) is 5. The summed E-state index contributed by atoms with van der Waals surface area (Å²) in [5, 5.41) is 2.94. The van der Waals surface area contributed by atoms with Gasteiger partial charge in [0.05, 0.1) is 25.9 Å². The van der Waals surface area contributed by atoms with Crippen molar-refractivity contribution in [3.8, 4) is 10.7 Å². The lowest BCUT2D eigenvalue weighted by atomic mass is 10.4. The number of aromatic nitrogens is 3. The van der Waals surface area contributed by atoms with E-state index >= 15 is 0 Å². The summed E-state index contributed by atoms with van der Waals surface area (Å²) in [6.07, 6.45) is 3.49. The highest BCUT2D eigenvalue weighted by atomic mass is 32.1. The first-order chi connectivity index (χ1) is 9.33. The fourth-order valence-corrected chi connectivity index (χ4v) is 2.64. The van der Waals surface area contributed by atoms with E-state index in [9.17, 15) is 0 Å². The lowest BCUT2D eigenvalue weighted by Crippen LogP contribution is -2.35. The third-order valence-electron chi connectivity index (χ3n) is 2.84. The molecular weight excluding hydrogens is 262 g/mol. The Morgan fingerprint density at radius 3 is 3.05 bits per heavy atom. The van der Waals surface area contributed by atoms with Crippen molar-refractivity contribution in [3.63, 3.8) is 0 Å². The molecule has 0 radical (unpaired) electrons. The lowest BCUT2D eigenvalue weighted by molar-refractivity contribution is 0.0701. The summed E-state index contributed by atoms with van der Waals surface area (Å²) < 4.78 is 5.30. The van der Waals surface area contributed by atoms with Crippen LogP contribution in [-0.2, 0) is 4.74 Å². The molecule has 0 aromatic carbocycles. The van der Waals surface area contributed by atoms with Gasteiger partial charge in [0, 0.05) is 24.2 Å². The van der Waals surface area contributed by atoms with Crippen molar-refractivity contribution in [2.24, 2.45) is 4.99 Å². The van der Waals surface area contributed by atoms with Crippen LogP contribution in [0.15, 0.2) is 16.7 Å². The summed E-state index contributed by atoms with van der Waals surface area (Å²) in [5.74, 6) is 0.681. The highest BCUT2D eigenvalue weighted by molar-refractivity contribution is 7.13. The molecule has 3 rings (SSSR count). The molecule has 0 unspecified atom stereocenters. The van der Waals surface area contributed by atoms with E-state index in [2.05, 4.69) is 24.8 Å². The first kappa shape index (κ1) is 12.3. The highest BCUT2D eigenvalue weighted by Gasteiger charge is 2.11. The maximum atomic E-state index is 5.30. The minimum atomic E-state index is 0.681. The van der Waals surface area contributed by atoms with E-state index in [-0.39, 0.29) is 0 Å². The average Bonchev–Trinajstić information content (AvgIpc) is 3.06. The predicted octanol–water partition coefficient (Wildman–Crippen LogP) is 1.83. The molecule has 1 saturated heterocycles. The van der Waals surface area contributed by atoms with Gasteiger partial charge in [-0.3, -0.25) is 0 Å². The van der Waals surface area contributed by atoms with Crippen LogP contribution in [0.2, 0.25) is 0 Å². The van der Waals surface area contributed by atoms with Gasteiger partial charge in [-0.25, -0.2) is 15.0 Å². The van der Waals surface area contributed by atoms with Crippen molar-refractivity contribution < 1.29 is 4.74 Å². The first-order valence-electron chi connectivity index (χ1n) is 6.15. The van der Waals surface area contributed by atoms with Crippen LogP contribution < -0.4 is 0 Å². The SMILES string of the molecule is Cc1csc(-c2[nH]cnc2N=CN2CCOCC2)n1. The Bertz CT molecular complexity index is 570. The minimum Gasteiger partial charge on any atom is -0.378 e. The number of imidazole rings is 1. The van der Waals surface area contributed by atoms with Gasteiger partial charge in [-0.1, -0.05) is 0 Å². The fraction of sp³-hybridized carbons (Fsp3) is 0.417. The van der Waals surface area contributed by atoms with Gasteiger partial charge in [0.25, 0.3) is 0 Å². The zero-order valence-electron chi connectivity index (χ0n) is 10.7. The maximum Gasteiger partial charge on any atom is 0.181 e. The number of ether oxygens (including phenoxy) is 1. The molecule has 0 spiro atoms. The zero-order valence-corrected chi connectivity index (χ0v) is 11.5. The Labute approximate surface area is 115 Å². The van der Waals surface area contributed by atoms with E-state index in [0.717, 1.165) is 42.7 Å². The minimum absolute atomic E-state index is 0.681. The van der Waals surface area contributed by atoms with E-state index in [4.69, 9.17) is 4.74 Å². The van der Waals surface area contributed by atoms with Crippen molar-refractivity contribution in [3.05, 3.63) is 17.4 Å². The number of H-pyrrole nitrogens is 1. The number of aryl methyl sites for hydroxylation is 1. The van der Waals surface area contributed by atoms with E-state index in [1.165, 1.54) is 0 Å². The second kappa shape index (κ2) is 5.50. The average molecular weight is 277 g/mol. The Hall–Kier alpha value is -1.73. The van der Waals surface area contributed by atoms with Crippen LogP contribution in [0.3, 0.4) is 0 Å². The molecule has 0 atom stereocenters. The van der Waals surface area contributed by atoms with Crippen molar-refractivity contribution in [2.45, 2.75) is 6.92 Å². The summed E-state index contributed by atoms with van der Waals surface area (Å²) in [5.41, 5.74) is 1.89. The van der Waals surface area contributed by atoms with Crippen molar-refractivity contribution in [1.82, 2.24) is 19.9 Å². The van der Waals surface area contributed by atoms with Crippen molar-refractivity contribution >= 4 is 23.5 Å². The zero-order chi connectivity index (χ0) is 13.1. The molecular formula is C12H15N5OS. The van der Waals surface area contributed by atoms with E-state index in [1.54, 1.807) is 17.7 Å². The Morgan fingerprint density at radius 1 is 1.47 bits per heavy atom. The van der Waals surface area contributed by atoms with Crippen molar-refractivity contribution in [2.75, 3.05) is 26.3 Å². The van der Waals surface area contributed by atoms with E-state index in [0.29, 0.717) is 5.82 Å². The van der Waals surface area contributed by atoms with Crippen LogP contribution in [0.1, 0.15) is 5.69 Å². The number of aromatic amines is 1. The molecule has 1 N–H and O–H groups in total. The molecule has 0 amide bonds. The molecule has 0 aliphatic carbocycles. The number of nitrogens with one attached hydrogen (secondary N) is 1.